The number of nitrogens with one attached hydrogen (secondary N) is 1. The Morgan fingerprint density at radius 1 is 1.24 bits per heavy atom. The van der Waals surface area contributed by atoms with Crippen LogP contribution in [0.3, 0.4) is 0 Å². The van der Waals surface area contributed by atoms with Crippen LogP contribution in [0.1, 0.15) is 11.5 Å². The molecule has 0 aliphatic carbocycles. The van der Waals surface area contributed by atoms with Crippen LogP contribution in [0, 0.1) is 0 Å². The van der Waals surface area contributed by atoms with Crippen LogP contribution in [0.2, 0.25) is 0 Å². The predicted molar refractivity (Wildman–Crippen MR) is 67.6 cm³/mol. The van der Waals surface area contributed by atoms with Crippen LogP contribution in [-0.2, 0) is 4.79 Å². The smallest absolute Gasteiger partial charge is 0.230 e. The highest BCUT2D eigenvalue weighted by Crippen LogP contribution is 2.37. The second-order valence-electron chi connectivity index (χ2n) is 4.34. The first-order chi connectivity index (χ1) is 8.27. The summed E-state index contributed by atoms with van der Waals surface area (Å²) in [6.07, 6.45) is 1.31. The quantitative estimate of drug-likeness (QED) is 0.785. The molecule has 0 bridgehead atoms. The molecule has 1 aromatic rings. The summed E-state index contributed by atoms with van der Waals surface area (Å²) in [5, 5.41) is 15.3. The number of amides is 1. The molecule has 0 radical (unpaired) electrons. The van der Waals surface area contributed by atoms with Gasteiger partial charge in [-0.25, -0.2) is 0 Å². The molecule has 0 spiro atoms. The van der Waals surface area contributed by atoms with E-state index in [0.717, 1.165) is 5.56 Å². The predicted octanol–water partition coefficient (Wildman–Crippen LogP) is 1.26. The summed E-state index contributed by atoms with van der Waals surface area (Å²) in [6.45, 7) is 0. The third-order valence-corrected chi connectivity index (χ3v) is 4.50. The van der Waals surface area contributed by atoms with E-state index in [2.05, 4.69) is 5.32 Å². The highest BCUT2D eigenvalue weighted by atomic mass is 32.2. The van der Waals surface area contributed by atoms with Gasteiger partial charge in [0, 0.05) is 0 Å². The molecule has 1 fully saturated rings. The van der Waals surface area contributed by atoms with Crippen molar-refractivity contribution in [1.82, 2.24) is 5.32 Å². The fraction of sp³-hybridized carbons (Fsp3) is 0.308. The molecule has 2 aliphatic rings. The first-order valence-corrected chi connectivity index (χ1v) is 6.57. The van der Waals surface area contributed by atoms with E-state index >= 15 is 0 Å². The van der Waals surface area contributed by atoms with Gasteiger partial charge in [-0.3, -0.25) is 4.79 Å². The van der Waals surface area contributed by atoms with Crippen molar-refractivity contribution in [2.75, 3.05) is 0 Å². The summed E-state index contributed by atoms with van der Waals surface area (Å²) < 4.78 is 0. The van der Waals surface area contributed by atoms with Crippen LogP contribution < -0.4 is 5.32 Å². The second kappa shape index (κ2) is 4.20. The molecule has 17 heavy (non-hydrogen) atoms. The standard InChI is InChI=1S/C13H13NO2S/c15-11-10(8-4-2-1-3-5-8)13(16)14-9-6-7-17-12(9)11/h1-7,9-12,15H,(H,14,16). The monoisotopic (exact) mass is 247 g/mol. The van der Waals surface area contributed by atoms with Crippen LogP contribution in [0.25, 0.3) is 0 Å². The van der Waals surface area contributed by atoms with Gasteiger partial charge in [-0.1, -0.05) is 36.4 Å². The lowest BCUT2D eigenvalue weighted by molar-refractivity contribution is -0.127. The third kappa shape index (κ3) is 1.77. The van der Waals surface area contributed by atoms with Gasteiger partial charge in [0.2, 0.25) is 5.91 Å². The lowest BCUT2D eigenvalue weighted by Crippen LogP contribution is -2.55. The highest BCUT2D eigenvalue weighted by Gasteiger charge is 2.44. The van der Waals surface area contributed by atoms with E-state index in [4.69, 9.17) is 0 Å². The van der Waals surface area contributed by atoms with Gasteiger partial charge in [0.05, 0.1) is 23.3 Å². The lowest BCUT2D eigenvalue weighted by atomic mass is 9.85. The number of hydrogen-bond donors (Lipinski definition) is 2. The number of aliphatic hydroxyl groups is 1. The van der Waals surface area contributed by atoms with E-state index in [1.165, 1.54) is 0 Å². The van der Waals surface area contributed by atoms with E-state index in [0.29, 0.717) is 0 Å². The molecule has 1 amide bonds. The SMILES string of the molecule is O=C1NC2C=CSC2C(O)C1c1ccccc1. The van der Waals surface area contributed by atoms with Crippen molar-refractivity contribution in [3.8, 4) is 0 Å². The Labute approximate surface area is 104 Å². The number of piperidine rings is 1. The number of carbonyl (C=O) groups excluding carboxylic acids is 1. The molecule has 3 rings (SSSR count). The minimum absolute atomic E-state index is 0.0255. The maximum atomic E-state index is 12.0. The van der Waals surface area contributed by atoms with E-state index < -0.39 is 12.0 Å². The Morgan fingerprint density at radius 3 is 2.76 bits per heavy atom. The minimum Gasteiger partial charge on any atom is -0.391 e. The van der Waals surface area contributed by atoms with Gasteiger partial charge in [-0.05, 0) is 11.0 Å². The number of thioether (sulfide) groups is 1. The molecule has 1 aromatic carbocycles. The topological polar surface area (TPSA) is 49.3 Å². The van der Waals surface area contributed by atoms with Crippen LogP contribution in [0.4, 0.5) is 0 Å². The maximum absolute atomic E-state index is 12.0. The number of aliphatic hydroxyl groups excluding tert-OH is 1. The Bertz CT molecular complexity index is 460. The number of benzene rings is 1. The average Bonchev–Trinajstić information content (AvgIpc) is 2.78. The molecular formula is C13H13NO2S. The van der Waals surface area contributed by atoms with Crippen molar-refractivity contribution >= 4 is 17.7 Å². The molecule has 2 heterocycles. The number of carbonyl (C=O) groups is 1. The van der Waals surface area contributed by atoms with E-state index in [1.807, 2.05) is 41.8 Å². The van der Waals surface area contributed by atoms with Crippen molar-refractivity contribution in [2.24, 2.45) is 0 Å². The van der Waals surface area contributed by atoms with Gasteiger partial charge in [0.15, 0.2) is 0 Å². The molecule has 2 N–H and O–H groups in total. The number of fused-ring (bicyclic) bond motifs is 1. The summed E-state index contributed by atoms with van der Waals surface area (Å²) >= 11 is 1.59. The number of hydrogen-bond acceptors (Lipinski definition) is 3. The van der Waals surface area contributed by atoms with Gasteiger partial charge in [0.1, 0.15) is 0 Å². The molecule has 2 aliphatic heterocycles. The van der Waals surface area contributed by atoms with Gasteiger partial charge >= 0.3 is 0 Å². The Kier molecular flexibility index (Phi) is 2.68. The largest absolute Gasteiger partial charge is 0.391 e. The Hall–Kier alpha value is -1.26. The summed E-state index contributed by atoms with van der Waals surface area (Å²) in [5.74, 6) is -0.540. The molecule has 4 atom stereocenters. The highest BCUT2D eigenvalue weighted by molar-refractivity contribution is 8.03. The second-order valence-corrected chi connectivity index (χ2v) is 5.43. The van der Waals surface area contributed by atoms with Crippen LogP contribution in [-0.4, -0.2) is 28.4 Å². The van der Waals surface area contributed by atoms with Crippen molar-refractivity contribution < 1.29 is 9.90 Å². The van der Waals surface area contributed by atoms with Gasteiger partial charge in [-0.15, -0.1) is 11.8 Å². The molecular weight excluding hydrogens is 234 g/mol. The van der Waals surface area contributed by atoms with Crippen molar-refractivity contribution in [1.29, 1.82) is 0 Å². The van der Waals surface area contributed by atoms with Gasteiger partial charge in [0.25, 0.3) is 0 Å². The van der Waals surface area contributed by atoms with Crippen LogP contribution in [0.15, 0.2) is 41.8 Å². The summed E-state index contributed by atoms with van der Waals surface area (Å²) in [4.78, 5) is 12.0. The van der Waals surface area contributed by atoms with E-state index in [-0.39, 0.29) is 17.2 Å². The molecule has 1 saturated heterocycles. The zero-order valence-corrected chi connectivity index (χ0v) is 9.93. The summed E-state index contributed by atoms with van der Waals surface area (Å²) in [5.41, 5.74) is 0.878. The Morgan fingerprint density at radius 2 is 2.00 bits per heavy atom. The van der Waals surface area contributed by atoms with Gasteiger partial charge in [-0.2, -0.15) is 0 Å². The summed E-state index contributed by atoms with van der Waals surface area (Å²) in [6, 6.07) is 9.44. The normalized spacial score (nSPS) is 35.5. The molecule has 4 unspecified atom stereocenters. The Balaban J connectivity index is 1.92. The van der Waals surface area contributed by atoms with Crippen molar-refractivity contribution in [2.45, 2.75) is 23.3 Å². The van der Waals surface area contributed by atoms with Crippen LogP contribution >= 0.6 is 11.8 Å². The zero-order chi connectivity index (χ0) is 11.8. The average molecular weight is 247 g/mol. The minimum atomic E-state index is -0.629. The fourth-order valence-corrected chi connectivity index (χ4v) is 3.53. The third-order valence-electron chi connectivity index (χ3n) is 3.30. The molecule has 0 saturated carbocycles. The zero-order valence-electron chi connectivity index (χ0n) is 9.11. The van der Waals surface area contributed by atoms with Crippen molar-refractivity contribution in [3.05, 3.63) is 47.4 Å². The maximum Gasteiger partial charge on any atom is 0.230 e. The van der Waals surface area contributed by atoms with E-state index in [1.54, 1.807) is 11.8 Å². The van der Waals surface area contributed by atoms with Crippen LogP contribution in [0.5, 0.6) is 0 Å². The lowest BCUT2D eigenvalue weighted by Gasteiger charge is -2.36. The van der Waals surface area contributed by atoms with E-state index in [9.17, 15) is 9.90 Å². The first-order valence-electron chi connectivity index (χ1n) is 5.63. The summed E-state index contributed by atoms with van der Waals surface area (Å²) in [7, 11) is 0. The van der Waals surface area contributed by atoms with Gasteiger partial charge < -0.3 is 10.4 Å². The molecule has 4 heteroatoms. The molecule has 0 aromatic heterocycles. The molecule has 88 valence electrons. The number of rotatable bonds is 1. The van der Waals surface area contributed by atoms with Crippen molar-refractivity contribution in [3.63, 3.8) is 0 Å². The molecule has 3 nitrogen and oxygen atoms in total. The fourth-order valence-electron chi connectivity index (χ4n) is 2.45. The first kappa shape index (κ1) is 10.9.